The first-order valence-corrected chi connectivity index (χ1v) is 5.36. The molecule has 0 spiro atoms. The van der Waals surface area contributed by atoms with Crippen LogP contribution in [0.2, 0.25) is 0 Å². The van der Waals surface area contributed by atoms with Crippen LogP contribution in [-0.2, 0) is 0 Å². The van der Waals surface area contributed by atoms with Gasteiger partial charge in [-0.25, -0.2) is 4.79 Å². The van der Waals surface area contributed by atoms with Gasteiger partial charge in [0.15, 0.2) is 5.88 Å². The van der Waals surface area contributed by atoms with Gasteiger partial charge >= 0.3 is 5.97 Å². The summed E-state index contributed by atoms with van der Waals surface area (Å²) in [5.74, 6) is -0.540. The molecule has 1 fully saturated rings. The Balaban J connectivity index is 2.09. The second kappa shape index (κ2) is 3.03. The number of rotatable bonds is 3. The van der Waals surface area contributed by atoms with Crippen LogP contribution in [-0.4, -0.2) is 17.1 Å². The molecule has 4 nitrogen and oxygen atoms in total. The van der Waals surface area contributed by atoms with Crippen LogP contribution in [0.5, 0.6) is 0 Å². The molecule has 4 heteroatoms. The molecule has 0 saturated heterocycles. The largest absolute Gasteiger partial charge is 0.475 e. The fourth-order valence-electron chi connectivity index (χ4n) is 2.23. The highest BCUT2D eigenvalue weighted by Gasteiger charge is 2.65. The first-order valence-electron chi connectivity index (χ1n) is 5.36. The molecule has 0 radical (unpaired) electrons. The minimum absolute atomic E-state index is 0.0289. The number of hydrogen-bond acceptors (Lipinski definition) is 3. The number of furan rings is 1. The van der Waals surface area contributed by atoms with E-state index in [0.29, 0.717) is 11.9 Å². The maximum atomic E-state index is 10.6. The number of hydrogen-bond donors (Lipinski definition) is 2. The van der Waals surface area contributed by atoms with Crippen LogP contribution in [0.1, 0.15) is 38.2 Å². The van der Waals surface area contributed by atoms with E-state index in [-0.39, 0.29) is 16.6 Å². The highest BCUT2D eigenvalue weighted by molar-refractivity contribution is 5.84. The number of carbonyl (C=O) groups is 1. The first kappa shape index (κ1) is 11.0. The van der Waals surface area contributed by atoms with Crippen molar-refractivity contribution in [3.05, 3.63) is 17.9 Å². The van der Waals surface area contributed by atoms with Gasteiger partial charge in [-0.05, 0) is 16.9 Å². The fraction of sp³-hybridized carbons (Fsp3) is 0.583. The van der Waals surface area contributed by atoms with Gasteiger partial charge in [-0.2, -0.15) is 0 Å². The summed E-state index contributed by atoms with van der Waals surface area (Å²) in [5.41, 5.74) is 0.395. The Morgan fingerprint density at radius 3 is 2.25 bits per heavy atom. The molecule has 1 aliphatic rings. The van der Waals surface area contributed by atoms with Gasteiger partial charge in [0.25, 0.3) is 0 Å². The van der Waals surface area contributed by atoms with E-state index in [1.807, 2.05) is 0 Å². The second-order valence-corrected chi connectivity index (χ2v) is 5.49. The Kier molecular flexibility index (Phi) is 2.09. The van der Waals surface area contributed by atoms with Crippen molar-refractivity contribution in [3.63, 3.8) is 0 Å². The van der Waals surface area contributed by atoms with E-state index in [4.69, 9.17) is 9.52 Å². The molecule has 0 aromatic carbocycles. The maximum absolute atomic E-state index is 10.6. The maximum Gasteiger partial charge on any atom is 0.371 e. The van der Waals surface area contributed by atoms with E-state index in [1.165, 1.54) is 6.07 Å². The molecule has 88 valence electrons. The Morgan fingerprint density at radius 1 is 1.31 bits per heavy atom. The molecule has 2 N–H and O–H groups in total. The van der Waals surface area contributed by atoms with Crippen LogP contribution < -0.4 is 5.32 Å². The lowest BCUT2D eigenvalue weighted by Crippen LogP contribution is -2.09. The number of anilines is 1. The summed E-state index contributed by atoms with van der Waals surface area (Å²) in [7, 11) is 0. The lowest BCUT2D eigenvalue weighted by molar-refractivity contribution is 0.0663. The van der Waals surface area contributed by atoms with Crippen LogP contribution in [0.4, 0.5) is 5.88 Å². The smallest absolute Gasteiger partial charge is 0.371 e. The summed E-state index contributed by atoms with van der Waals surface area (Å²) in [6.07, 6.45) is 0. The average Bonchev–Trinajstić information content (AvgIpc) is 2.60. The molecule has 1 aromatic heterocycles. The van der Waals surface area contributed by atoms with E-state index in [9.17, 15) is 4.79 Å². The van der Waals surface area contributed by atoms with Crippen molar-refractivity contribution >= 4 is 11.9 Å². The Morgan fingerprint density at radius 2 is 1.88 bits per heavy atom. The molecule has 0 unspecified atom stereocenters. The van der Waals surface area contributed by atoms with Crippen molar-refractivity contribution < 1.29 is 14.3 Å². The Hall–Kier alpha value is -1.45. The predicted octanol–water partition coefficient (Wildman–Crippen LogP) is 2.82. The molecule has 0 atom stereocenters. The van der Waals surface area contributed by atoms with Gasteiger partial charge in [0.05, 0.1) is 0 Å². The van der Waals surface area contributed by atoms with Gasteiger partial charge in [0.1, 0.15) is 0 Å². The highest BCUT2D eigenvalue weighted by atomic mass is 16.4. The zero-order chi connectivity index (χ0) is 12.1. The summed E-state index contributed by atoms with van der Waals surface area (Å²) in [5, 5.41) is 12.0. The third-order valence-corrected chi connectivity index (χ3v) is 4.12. The second-order valence-electron chi connectivity index (χ2n) is 5.49. The van der Waals surface area contributed by atoms with Crippen molar-refractivity contribution in [2.24, 2.45) is 10.8 Å². The normalized spacial score (nSPS) is 21.8. The van der Waals surface area contributed by atoms with Crippen LogP contribution in [0, 0.1) is 10.8 Å². The van der Waals surface area contributed by atoms with E-state index in [2.05, 4.69) is 33.0 Å². The highest BCUT2D eigenvalue weighted by Crippen LogP contribution is 2.63. The van der Waals surface area contributed by atoms with Crippen molar-refractivity contribution in [2.75, 3.05) is 5.32 Å². The summed E-state index contributed by atoms with van der Waals surface area (Å²) in [6.45, 7) is 8.74. The molecule has 1 aliphatic carbocycles. The average molecular weight is 223 g/mol. The van der Waals surface area contributed by atoms with E-state index in [0.717, 1.165) is 0 Å². The SMILES string of the molecule is CC1(C)C(Nc2ccc(C(=O)O)o2)C1(C)C. The number of aromatic carboxylic acids is 1. The van der Waals surface area contributed by atoms with E-state index >= 15 is 0 Å². The van der Waals surface area contributed by atoms with Crippen LogP contribution in [0.3, 0.4) is 0 Å². The molecule has 0 bridgehead atoms. The van der Waals surface area contributed by atoms with Gasteiger partial charge < -0.3 is 14.8 Å². The first-order chi connectivity index (χ1) is 7.26. The summed E-state index contributed by atoms with van der Waals surface area (Å²) >= 11 is 0. The minimum Gasteiger partial charge on any atom is -0.475 e. The molecule has 0 amide bonds. The third-order valence-electron chi connectivity index (χ3n) is 4.12. The van der Waals surface area contributed by atoms with E-state index in [1.54, 1.807) is 6.07 Å². The zero-order valence-electron chi connectivity index (χ0n) is 10.00. The van der Waals surface area contributed by atoms with Crippen molar-refractivity contribution in [2.45, 2.75) is 33.7 Å². The van der Waals surface area contributed by atoms with Gasteiger partial charge in [0, 0.05) is 12.1 Å². The topological polar surface area (TPSA) is 62.5 Å². The standard InChI is InChI=1S/C12H17NO3/c1-11(2)10(12(11,3)4)13-8-6-5-7(16-8)9(14)15/h5-6,10,13H,1-4H3,(H,14,15). The van der Waals surface area contributed by atoms with Crippen LogP contribution in [0.15, 0.2) is 16.5 Å². The number of nitrogens with one attached hydrogen (secondary N) is 1. The molecule has 1 aromatic rings. The Bertz CT molecular complexity index is 417. The molecule has 1 saturated carbocycles. The molecule has 2 rings (SSSR count). The Labute approximate surface area is 94.6 Å². The zero-order valence-corrected chi connectivity index (χ0v) is 10.00. The summed E-state index contributed by atoms with van der Waals surface area (Å²) in [6, 6.07) is 3.44. The molecule has 1 heterocycles. The monoisotopic (exact) mass is 223 g/mol. The third kappa shape index (κ3) is 1.40. The van der Waals surface area contributed by atoms with Gasteiger partial charge in [-0.3, -0.25) is 0 Å². The van der Waals surface area contributed by atoms with Crippen molar-refractivity contribution in [1.82, 2.24) is 0 Å². The number of carboxylic acid groups (broad SMARTS) is 1. The minimum atomic E-state index is -1.04. The quantitative estimate of drug-likeness (QED) is 0.827. The molecule has 0 aliphatic heterocycles. The molecular weight excluding hydrogens is 206 g/mol. The van der Waals surface area contributed by atoms with Crippen LogP contribution >= 0.6 is 0 Å². The summed E-state index contributed by atoms with van der Waals surface area (Å²) < 4.78 is 5.17. The predicted molar refractivity (Wildman–Crippen MR) is 60.6 cm³/mol. The van der Waals surface area contributed by atoms with Gasteiger partial charge in [0.2, 0.25) is 5.76 Å². The van der Waals surface area contributed by atoms with E-state index < -0.39 is 5.97 Å². The van der Waals surface area contributed by atoms with Gasteiger partial charge in [-0.1, -0.05) is 27.7 Å². The van der Waals surface area contributed by atoms with Crippen molar-refractivity contribution in [3.8, 4) is 0 Å². The summed E-state index contributed by atoms with van der Waals surface area (Å²) in [4.78, 5) is 10.6. The number of carboxylic acids is 1. The lowest BCUT2D eigenvalue weighted by Gasteiger charge is -2.03. The van der Waals surface area contributed by atoms with Gasteiger partial charge in [-0.15, -0.1) is 0 Å². The molecular formula is C12H17NO3. The fourth-order valence-corrected chi connectivity index (χ4v) is 2.23. The van der Waals surface area contributed by atoms with Crippen molar-refractivity contribution in [1.29, 1.82) is 0 Å². The van der Waals surface area contributed by atoms with Crippen LogP contribution in [0.25, 0.3) is 0 Å². The molecule has 16 heavy (non-hydrogen) atoms. The lowest BCUT2D eigenvalue weighted by atomic mass is 10.0.